The van der Waals surface area contributed by atoms with E-state index in [1.807, 2.05) is 0 Å². The Hall–Kier alpha value is -7.08. The van der Waals surface area contributed by atoms with E-state index >= 15 is 0 Å². The molecule has 10 aromatic rings. The lowest BCUT2D eigenvalue weighted by Crippen LogP contribution is -2.64. The van der Waals surface area contributed by atoms with Crippen molar-refractivity contribution in [1.82, 2.24) is 4.57 Å². The number of hydrogen-bond donors (Lipinski definition) is 0. The zero-order valence-corrected chi connectivity index (χ0v) is 49.0. The zero-order chi connectivity index (χ0) is 54.2. The molecule has 3 nitrogen and oxygen atoms in total. The number of anilines is 5. The Kier molecular flexibility index (Phi) is 9.35. The van der Waals surface area contributed by atoms with Gasteiger partial charge >= 0.3 is 0 Å². The van der Waals surface area contributed by atoms with Crippen LogP contribution in [-0.4, -0.2) is 16.8 Å². The number of aryl methyl sites for hydroxylation is 1. The van der Waals surface area contributed by atoms with Gasteiger partial charge in [0, 0.05) is 59.8 Å². The summed E-state index contributed by atoms with van der Waals surface area (Å²) >= 11 is 2.13. The van der Waals surface area contributed by atoms with Crippen LogP contribution in [0.3, 0.4) is 0 Å². The van der Waals surface area contributed by atoms with Crippen LogP contribution in [0.4, 0.5) is 28.4 Å². The van der Waals surface area contributed by atoms with E-state index in [1.54, 1.807) is 5.56 Å². The first-order valence-corrected chi connectivity index (χ1v) is 30.1. The van der Waals surface area contributed by atoms with Gasteiger partial charge in [-0.3, -0.25) is 0 Å². The highest BCUT2D eigenvalue weighted by molar-refractivity contribution is 7.30. The van der Waals surface area contributed by atoms with Gasteiger partial charge < -0.3 is 14.4 Å². The maximum absolute atomic E-state index is 2.93. The van der Waals surface area contributed by atoms with E-state index in [9.17, 15) is 0 Å². The second-order valence-corrected chi connectivity index (χ2v) is 29.1. The highest BCUT2D eigenvalue weighted by Crippen LogP contribution is 2.68. The molecule has 5 heteroatoms. The molecule has 3 aliphatic carbocycles. The average Bonchev–Trinajstić information content (AvgIpc) is 1.66. The van der Waals surface area contributed by atoms with E-state index in [-0.39, 0.29) is 33.9 Å². The summed E-state index contributed by atoms with van der Waals surface area (Å²) in [6, 6.07) is 62.6. The monoisotopic (exact) mass is 1040 g/mol. The molecule has 1 spiro atoms. The van der Waals surface area contributed by atoms with E-state index in [4.69, 9.17) is 0 Å². The molecule has 3 aliphatic heterocycles. The first-order valence-electron chi connectivity index (χ1n) is 29.3. The molecule has 79 heavy (non-hydrogen) atoms. The van der Waals surface area contributed by atoms with E-state index < -0.39 is 5.41 Å². The van der Waals surface area contributed by atoms with E-state index in [1.165, 1.54) is 163 Å². The Morgan fingerprint density at radius 1 is 0.506 bits per heavy atom. The van der Waals surface area contributed by atoms with Crippen molar-refractivity contribution in [2.24, 2.45) is 0 Å². The van der Waals surface area contributed by atoms with Gasteiger partial charge in [0.05, 0.1) is 27.7 Å². The zero-order valence-electron chi connectivity index (χ0n) is 48.2. The van der Waals surface area contributed by atoms with Crippen LogP contribution in [0.25, 0.3) is 49.7 Å². The average molecular weight is 1040 g/mol. The molecule has 3 unspecified atom stereocenters. The molecule has 8 aromatic carbocycles. The third-order valence-corrected chi connectivity index (χ3v) is 21.9. The molecule has 3 atom stereocenters. The van der Waals surface area contributed by atoms with Crippen molar-refractivity contribution in [1.29, 1.82) is 0 Å². The maximum atomic E-state index is 2.93. The molecule has 16 rings (SSSR count). The Bertz CT molecular complexity index is 4270. The lowest BCUT2D eigenvalue weighted by Gasteiger charge is -2.52. The fourth-order valence-electron chi connectivity index (χ4n) is 16.4. The normalized spacial score (nSPS) is 21.0. The highest BCUT2D eigenvalue weighted by Gasteiger charge is 2.63. The Morgan fingerprint density at radius 2 is 1.08 bits per heavy atom. The Balaban J connectivity index is 1.07. The van der Waals surface area contributed by atoms with Crippen LogP contribution in [0.5, 0.6) is 0 Å². The van der Waals surface area contributed by atoms with Crippen molar-refractivity contribution in [2.45, 2.75) is 141 Å². The number of fused-ring (bicyclic) bond motifs is 21. The molecule has 0 N–H and O–H groups in total. The molecule has 0 radical (unpaired) electrons. The summed E-state index contributed by atoms with van der Waals surface area (Å²) in [5.41, 5.74) is 29.3. The number of benzene rings is 8. The summed E-state index contributed by atoms with van der Waals surface area (Å²) in [6.45, 7) is 29.4. The molecule has 0 saturated heterocycles. The maximum Gasteiger partial charge on any atom is 0.264 e. The van der Waals surface area contributed by atoms with Crippen LogP contribution in [0.1, 0.15) is 151 Å². The molecule has 6 aliphatic rings. The summed E-state index contributed by atoms with van der Waals surface area (Å²) in [4.78, 5) is 7.18. The molecular weight excluding hydrogens is 974 g/mol. The predicted molar refractivity (Wildman–Crippen MR) is 338 cm³/mol. The van der Waals surface area contributed by atoms with Crippen LogP contribution in [0.15, 0.2) is 158 Å². The van der Waals surface area contributed by atoms with Gasteiger partial charge in [0.2, 0.25) is 0 Å². The molecule has 390 valence electrons. The molecule has 2 aromatic heterocycles. The third kappa shape index (κ3) is 5.95. The molecule has 1 fully saturated rings. The summed E-state index contributed by atoms with van der Waals surface area (Å²) < 4.78 is 3.99. The molecule has 1 saturated carbocycles. The van der Waals surface area contributed by atoms with Gasteiger partial charge in [-0.05, 0) is 164 Å². The van der Waals surface area contributed by atoms with Crippen molar-refractivity contribution < 1.29 is 0 Å². The van der Waals surface area contributed by atoms with Gasteiger partial charge in [-0.15, -0.1) is 11.3 Å². The Labute approximate surface area is 472 Å². The fourth-order valence-corrected chi connectivity index (χ4v) is 18.1. The van der Waals surface area contributed by atoms with Gasteiger partial charge in [0.1, 0.15) is 0 Å². The molecule has 5 heterocycles. The number of hydrogen-bond acceptors (Lipinski definition) is 3. The molecule has 0 bridgehead atoms. The van der Waals surface area contributed by atoms with E-state index in [0.29, 0.717) is 0 Å². The van der Waals surface area contributed by atoms with Crippen LogP contribution >= 0.6 is 11.3 Å². The van der Waals surface area contributed by atoms with Crippen LogP contribution < -0.4 is 25.5 Å². The van der Waals surface area contributed by atoms with Crippen molar-refractivity contribution in [3.8, 4) is 27.9 Å². The highest BCUT2D eigenvalue weighted by atomic mass is 32.1. The lowest BCUT2D eigenvalue weighted by molar-refractivity contribution is 0.195. The second-order valence-electron chi connectivity index (χ2n) is 28.1. The van der Waals surface area contributed by atoms with Crippen LogP contribution in [-0.2, 0) is 27.1 Å². The number of nitrogens with zero attached hydrogens (tertiary/aromatic N) is 3. The Morgan fingerprint density at radius 3 is 1.75 bits per heavy atom. The topological polar surface area (TPSA) is 11.4 Å². The quantitative estimate of drug-likeness (QED) is 0.160. The minimum atomic E-state index is -0.569. The first kappa shape index (κ1) is 47.9. The summed E-state index contributed by atoms with van der Waals surface area (Å²) in [5.74, 6) is 0. The van der Waals surface area contributed by atoms with E-state index in [2.05, 4.69) is 267 Å². The van der Waals surface area contributed by atoms with Gasteiger partial charge in [-0.2, -0.15) is 0 Å². The molecule has 0 amide bonds. The van der Waals surface area contributed by atoms with Crippen LogP contribution in [0.2, 0.25) is 0 Å². The van der Waals surface area contributed by atoms with Crippen molar-refractivity contribution >= 4 is 84.0 Å². The van der Waals surface area contributed by atoms with Crippen molar-refractivity contribution in [3.05, 3.63) is 207 Å². The summed E-state index contributed by atoms with van der Waals surface area (Å²) in [6.07, 6.45) is 4.90. The van der Waals surface area contributed by atoms with Crippen LogP contribution in [0, 0.1) is 6.92 Å². The smallest absolute Gasteiger partial charge is 0.264 e. The number of thiophene rings is 1. The van der Waals surface area contributed by atoms with Crippen molar-refractivity contribution in [3.63, 3.8) is 0 Å². The lowest BCUT2D eigenvalue weighted by atomic mass is 9.35. The fraction of sp³-hybridized carbons (Fsp3) is 0.297. The summed E-state index contributed by atoms with van der Waals surface area (Å²) in [5, 5.41) is 2.57. The van der Waals surface area contributed by atoms with Gasteiger partial charge in [-0.1, -0.05) is 191 Å². The largest absolute Gasteiger partial charge is 0.335 e. The first-order chi connectivity index (χ1) is 37.7. The van der Waals surface area contributed by atoms with E-state index in [0.717, 1.165) is 0 Å². The summed E-state index contributed by atoms with van der Waals surface area (Å²) in [7, 11) is 0. The third-order valence-electron chi connectivity index (χ3n) is 20.6. The molecular formula is C74H70BN3S. The second kappa shape index (κ2) is 15.4. The minimum Gasteiger partial charge on any atom is -0.335 e. The van der Waals surface area contributed by atoms with Gasteiger partial charge in [0.15, 0.2) is 0 Å². The predicted octanol–water partition coefficient (Wildman–Crippen LogP) is 17.7. The number of para-hydroxylation sites is 2. The number of aromatic nitrogens is 1. The standard InChI is InChI=1S/C74H70BN3S/c1-43-35-61-64-62(36-43)78-65-57(72(11)33-21-22-34-73(72,78)12)40-46(71(8,9)10)41-58(65)75(64)68-66(77(61)48-38-44(69(2,3)4)37-45(39-48)70(5,6)7)63-53-26-14-18-28-55(53)74(67(63)79-68)54-27-17-13-23-49(54)50-32-31-47(42-56(50)74)76-59-29-19-15-24-51(59)52-25-16-20-30-60(52)76/h13-20,23-32,35-42H,21-22,33-34H2,1-12H3. The van der Waals surface area contributed by atoms with Gasteiger partial charge in [-0.25, -0.2) is 0 Å². The van der Waals surface area contributed by atoms with Crippen molar-refractivity contribution in [2.75, 3.05) is 9.80 Å². The number of rotatable bonds is 2. The minimum absolute atomic E-state index is 0.00254. The van der Waals surface area contributed by atoms with Gasteiger partial charge in [0.25, 0.3) is 6.71 Å². The SMILES string of the molecule is Cc1cc2c3c(c1)N1c4c(cc(C(C)(C)C)cc4C4(C)CCCCC14C)B3c1sc3c(c1N2c1cc(C(C)(C)C)cc(C(C)(C)C)c1)-c1ccccc1C31c2ccccc2-c2ccc(-n3c4ccccc4c4ccccc43)cc21.